The fourth-order valence-electron chi connectivity index (χ4n) is 2.96. The van der Waals surface area contributed by atoms with Gasteiger partial charge in [0.1, 0.15) is 17.3 Å². The van der Waals surface area contributed by atoms with Crippen LogP contribution in [0, 0.1) is 6.92 Å². The summed E-state index contributed by atoms with van der Waals surface area (Å²) in [5, 5.41) is 15.1. The van der Waals surface area contributed by atoms with E-state index in [0.717, 1.165) is 47.6 Å². The lowest BCUT2D eigenvalue weighted by Crippen LogP contribution is -2.38. The zero-order chi connectivity index (χ0) is 22.1. The van der Waals surface area contributed by atoms with Crippen LogP contribution in [-0.4, -0.2) is 41.5 Å². The number of ether oxygens (including phenoxy) is 2. The molecule has 0 saturated carbocycles. The smallest absolute Gasteiger partial charge is 0.191 e. The Bertz CT molecular complexity index is 987. The maximum atomic E-state index is 5.22. The number of aliphatic imine (C=N–C) groups is 1. The highest BCUT2D eigenvalue weighted by Gasteiger charge is 2.06. The number of hydrogen-bond acceptors (Lipinski definition) is 5. The van der Waals surface area contributed by atoms with E-state index < -0.39 is 0 Å². The molecule has 0 aliphatic rings. The standard InChI is InChI=1S/C23H30N6O2.HI/c1-17-27-28-22(29(17)2)16-26-23(25-15-19-7-11-21(31-4)12-8-19)24-14-13-18-5-9-20(30-3)10-6-18;/h5-12H,13-16H2,1-4H3,(H2,24,25,26);1H. The average molecular weight is 550 g/mol. The molecule has 0 aliphatic carbocycles. The van der Waals surface area contributed by atoms with Crippen molar-refractivity contribution < 1.29 is 9.47 Å². The molecule has 0 amide bonds. The Morgan fingerprint density at radius 1 is 0.906 bits per heavy atom. The van der Waals surface area contributed by atoms with Crippen molar-refractivity contribution in [3.05, 3.63) is 71.3 Å². The molecule has 0 saturated heterocycles. The van der Waals surface area contributed by atoms with Gasteiger partial charge in [0, 0.05) is 13.6 Å². The molecule has 0 bridgehead atoms. The third-order valence-corrected chi connectivity index (χ3v) is 5.04. The van der Waals surface area contributed by atoms with Gasteiger partial charge in [-0.15, -0.1) is 34.2 Å². The summed E-state index contributed by atoms with van der Waals surface area (Å²) in [4.78, 5) is 4.74. The van der Waals surface area contributed by atoms with Crippen molar-refractivity contribution in [3.63, 3.8) is 0 Å². The Kier molecular flexibility index (Phi) is 10.3. The molecule has 0 atom stereocenters. The highest BCUT2D eigenvalue weighted by molar-refractivity contribution is 14.0. The van der Waals surface area contributed by atoms with Crippen molar-refractivity contribution in [2.24, 2.45) is 12.0 Å². The van der Waals surface area contributed by atoms with Crippen LogP contribution >= 0.6 is 24.0 Å². The van der Waals surface area contributed by atoms with Gasteiger partial charge in [-0.25, -0.2) is 4.99 Å². The number of rotatable bonds is 9. The van der Waals surface area contributed by atoms with Crippen LogP contribution in [0.2, 0.25) is 0 Å². The minimum Gasteiger partial charge on any atom is -0.497 e. The lowest BCUT2D eigenvalue weighted by molar-refractivity contribution is 0.414. The first-order valence-electron chi connectivity index (χ1n) is 10.2. The van der Waals surface area contributed by atoms with Crippen molar-refractivity contribution in [2.75, 3.05) is 20.8 Å². The van der Waals surface area contributed by atoms with Crippen molar-refractivity contribution in [1.82, 2.24) is 25.4 Å². The Hall–Kier alpha value is -2.82. The van der Waals surface area contributed by atoms with Crippen LogP contribution in [0.5, 0.6) is 11.5 Å². The van der Waals surface area contributed by atoms with Gasteiger partial charge >= 0.3 is 0 Å². The van der Waals surface area contributed by atoms with E-state index in [1.807, 2.05) is 54.9 Å². The summed E-state index contributed by atoms with van der Waals surface area (Å²) < 4.78 is 12.4. The number of methoxy groups -OCH3 is 2. The van der Waals surface area contributed by atoms with Crippen molar-refractivity contribution >= 4 is 29.9 Å². The summed E-state index contributed by atoms with van der Waals surface area (Å²) >= 11 is 0. The molecule has 2 aromatic carbocycles. The van der Waals surface area contributed by atoms with Crippen LogP contribution in [0.1, 0.15) is 22.8 Å². The van der Waals surface area contributed by atoms with Gasteiger partial charge in [-0.1, -0.05) is 24.3 Å². The zero-order valence-corrected chi connectivity index (χ0v) is 21.3. The van der Waals surface area contributed by atoms with E-state index in [1.165, 1.54) is 5.56 Å². The lowest BCUT2D eigenvalue weighted by atomic mass is 10.1. The van der Waals surface area contributed by atoms with E-state index >= 15 is 0 Å². The van der Waals surface area contributed by atoms with E-state index in [0.29, 0.717) is 13.1 Å². The van der Waals surface area contributed by atoms with Crippen LogP contribution in [0.15, 0.2) is 53.5 Å². The molecule has 0 aliphatic heterocycles. The SMILES string of the molecule is COc1ccc(CCNC(=NCc2ccc(OC)cc2)NCc2nnc(C)n2C)cc1.I. The number of aryl methyl sites for hydroxylation is 1. The number of nitrogens with one attached hydrogen (secondary N) is 2. The minimum atomic E-state index is 0. The molecule has 8 nitrogen and oxygen atoms in total. The van der Waals surface area contributed by atoms with Gasteiger partial charge in [0.25, 0.3) is 0 Å². The monoisotopic (exact) mass is 550 g/mol. The van der Waals surface area contributed by atoms with E-state index in [1.54, 1.807) is 14.2 Å². The molecule has 9 heteroatoms. The summed E-state index contributed by atoms with van der Waals surface area (Å²) in [6.07, 6.45) is 0.871. The van der Waals surface area contributed by atoms with Gasteiger partial charge in [0.2, 0.25) is 0 Å². The summed E-state index contributed by atoms with van der Waals surface area (Å²) in [6.45, 7) is 3.77. The number of nitrogens with zero attached hydrogens (tertiary/aromatic N) is 4. The molecular weight excluding hydrogens is 519 g/mol. The van der Waals surface area contributed by atoms with Gasteiger partial charge in [-0.3, -0.25) is 0 Å². The molecule has 1 aromatic heterocycles. The van der Waals surface area contributed by atoms with Gasteiger partial charge in [-0.05, 0) is 48.7 Å². The quantitative estimate of drug-likeness (QED) is 0.242. The largest absolute Gasteiger partial charge is 0.497 e. The van der Waals surface area contributed by atoms with Crippen molar-refractivity contribution in [1.29, 1.82) is 0 Å². The van der Waals surface area contributed by atoms with Gasteiger partial charge < -0.3 is 24.7 Å². The highest BCUT2D eigenvalue weighted by atomic mass is 127. The van der Waals surface area contributed by atoms with E-state index in [4.69, 9.17) is 14.5 Å². The Morgan fingerprint density at radius 2 is 1.50 bits per heavy atom. The van der Waals surface area contributed by atoms with Crippen LogP contribution < -0.4 is 20.1 Å². The molecule has 2 N–H and O–H groups in total. The fourth-order valence-corrected chi connectivity index (χ4v) is 2.96. The van der Waals surface area contributed by atoms with Crippen molar-refractivity contribution in [3.8, 4) is 11.5 Å². The molecule has 3 aromatic rings. The van der Waals surface area contributed by atoms with Crippen LogP contribution in [0.25, 0.3) is 0 Å². The normalized spacial score (nSPS) is 10.9. The van der Waals surface area contributed by atoms with Gasteiger partial charge in [-0.2, -0.15) is 0 Å². The van der Waals surface area contributed by atoms with Crippen LogP contribution in [-0.2, 0) is 26.6 Å². The second kappa shape index (κ2) is 12.9. The molecule has 3 rings (SSSR count). The topological polar surface area (TPSA) is 85.6 Å². The highest BCUT2D eigenvalue weighted by Crippen LogP contribution is 2.12. The number of halogens is 1. The number of guanidine groups is 1. The lowest BCUT2D eigenvalue weighted by Gasteiger charge is -2.13. The molecule has 172 valence electrons. The maximum absolute atomic E-state index is 5.22. The van der Waals surface area contributed by atoms with Crippen molar-refractivity contribution in [2.45, 2.75) is 26.4 Å². The maximum Gasteiger partial charge on any atom is 0.191 e. The molecule has 0 unspecified atom stereocenters. The number of aromatic nitrogens is 3. The first-order chi connectivity index (χ1) is 15.1. The van der Waals surface area contributed by atoms with Crippen LogP contribution in [0.3, 0.4) is 0 Å². The first-order valence-corrected chi connectivity index (χ1v) is 10.2. The fraction of sp³-hybridized carbons (Fsp3) is 0.348. The molecule has 0 spiro atoms. The number of benzene rings is 2. The Labute approximate surface area is 206 Å². The Morgan fingerprint density at radius 3 is 2.03 bits per heavy atom. The number of hydrogen-bond donors (Lipinski definition) is 2. The van der Waals surface area contributed by atoms with E-state index in [9.17, 15) is 0 Å². The Balaban J connectivity index is 0.00000363. The third kappa shape index (κ3) is 7.40. The summed E-state index contributed by atoms with van der Waals surface area (Å²) in [5.41, 5.74) is 2.33. The molecule has 0 radical (unpaired) electrons. The first kappa shape index (κ1) is 25.4. The molecule has 1 heterocycles. The predicted octanol–water partition coefficient (Wildman–Crippen LogP) is 3.24. The zero-order valence-electron chi connectivity index (χ0n) is 19.0. The molecule has 0 fully saturated rings. The van der Waals surface area contributed by atoms with Crippen LogP contribution in [0.4, 0.5) is 0 Å². The third-order valence-electron chi connectivity index (χ3n) is 5.04. The summed E-state index contributed by atoms with van der Waals surface area (Å²) in [7, 11) is 5.29. The summed E-state index contributed by atoms with van der Waals surface area (Å²) in [6, 6.07) is 16.0. The predicted molar refractivity (Wildman–Crippen MR) is 137 cm³/mol. The van der Waals surface area contributed by atoms with E-state index in [2.05, 4.69) is 33.0 Å². The second-order valence-electron chi connectivity index (χ2n) is 7.11. The summed E-state index contributed by atoms with van der Waals surface area (Å²) in [5.74, 6) is 4.15. The van der Waals surface area contributed by atoms with Gasteiger partial charge in [0.05, 0.1) is 27.3 Å². The minimum absolute atomic E-state index is 0. The second-order valence-corrected chi connectivity index (χ2v) is 7.11. The average Bonchev–Trinajstić information content (AvgIpc) is 3.13. The molecular formula is C23H31IN6O2. The van der Waals surface area contributed by atoms with E-state index in [-0.39, 0.29) is 24.0 Å². The van der Waals surface area contributed by atoms with Gasteiger partial charge in [0.15, 0.2) is 11.8 Å². The molecule has 32 heavy (non-hydrogen) atoms.